The van der Waals surface area contributed by atoms with Crippen LogP contribution in [0.15, 0.2) is 6.07 Å². The Bertz CT molecular complexity index is 386. The molecule has 1 aliphatic heterocycles. The first-order valence-electron chi connectivity index (χ1n) is 7.13. The molecule has 0 radical (unpaired) electrons. The Kier molecular flexibility index (Phi) is 5.36. The lowest BCUT2D eigenvalue weighted by atomic mass is 10.0. The largest absolute Gasteiger partial charge is 0.376 e. The monoisotopic (exact) mass is 267 g/mol. The van der Waals surface area contributed by atoms with Gasteiger partial charge in [-0.25, -0.2) is 0 Å². The van der Waals surface area contributed by atoms with Crippen LogP contribution in [0.1, 0.15) is 24.7 Å². The number of aromatic nitrogens is 2. The summed E-state index contributed by atoms with van der Waals surface area (Å²) in [5.74, 6) is 0. The Morgan fingerprint density at radius 1 is 1.53 bits per heavy atom. The van der Waals surface area contributed by atoms with Gasteiger partial charge in [-0.1, -0.05) is 6.92 Å². The first kappa shape index (κ1) is 14.5. The van der Waals surface area contributed by atoms with Gasteiger partial charge in [0.1, 0.15) is 0 Å². The van der Waals surface area contributed by atoms with Crippen molar-refractivity contribution in [2.24, 2.45) is 7.05 Å². The average Bonchev–Trinajstić information content (AvgIpc) is 2.73. The first-order chi connectivity index (χ1) is 9.20. The van der Waals surface area contributed by atoms with Gasteiger partial charge in [-0.3, -0.25) is 4.68 Å². The molecule has 0 amide bonds. The van der Waals surface area contributed by atoms with Crippen molar-refractivity contribution >= 4 is 0 Å². The van der Waals surface area contributed by atoms with Crippen LogP contribution in [0.2, 0.25) is 0 Å². The quantitative estimate of drug-likeness (QED) is 0.837. The highest BCUT2D eigenvalue weighted by Gasteiger charge is 2.25. The lowest BCUT2D eigenvalue weighted by Crippen LogP contribution is -2.48. The molecule has 19 heavy (non-hydrogen) atoms. The number of nitrogens with one attached hydrogen (secondary N) is 1. The van der Waals surface area contributed by atoms with Crippen molar-refractivity contribution in [1.29, 1.82) is 0 Å². The fraction of sp³-hybridized carbons (Fsp3) is 0.786. The summed E-state index contributed by atoms with van der Waals surface area (Å²) in [6, 6.07) is 2.43. The first-order valence-corrected chi connectivity index (χ1v) is 7.13. The highest BCUT2D eigenvalue weighted by Crippen LogP contribution is 2.13. The maximum absolute atomic E-state index is 5.84. The van der Waals surface area contributed by atoms with Gasteiger partial charge in [0.15, 0.2) is 0 Å². The molecule has 0 saturated carbocycles. The number of hydrogen-bond acceptors (Lipinski definition) is 4. The normalized spacial score (nSPS) is 21.5. The summed E-state index contributed by atoms with van der Waals surface area (Å²) in [7, 11) is 2.00. The molecule has 2 heterocycles. The van der Waals surface area contributed by atoms with E-state index in [1.807, 2.05) is 18.7 Å². The third-order valence-corrected chi connectivity index (χ3v) is 3.47. The van der Waals surface area contributed by atoms with Crippen LogP contribution in [0.4, 0.5) is 0 Å². The van der Waals surface area contributed by atoms with E-state index in [1.165, 1.54) is 5.69 Å². The van der Waals surface area contributed by atoms with Gasteiger partial charge < -0.3 is 14.8 Å². The van der Waals surface area contributed by atoms with Crippen molar-refractivity contribution < 1.29 is 9.47 Å². The number of aryl methyl sites for hydroxylation is 2. The highest BCUT2D eigenvalue weighted by molar-refractivity contribution is 5.10. The Hall–Kier alpha value is -0.910. The minimum Gasteiger partial charge on any atom is -0.376 e. The third-order valence-electron chi connectivity index (χ3n) is 3.47. The molecule has 1 aliphatic rings. The molecule has 5 heteroatoms. The molecule has 0 aliphatic carbocycles. The van der Waals surface area contributed by atoms with Gasteiger partial charge >= 0.3 is 0 Å². The van der Waals surface area contributed by atoms with Crippen molar-refractivity contribution in [2.45, 2.75) is 38.8 Å². The molecule has 2 unspecified atom stereocenters. The molecule has 2 atom stereocenters. The van der Waals surface area contributed by atoms with E-state index in [1.54, 1.807) is 0 Å². The summed E-state index contributed by atoms with van der Waals surface area (Å²) in [5, 5.41) is 7.98. The van der Waals surface area contributed by atoms with Crippen molar-refractivity contribution in [3.05, 3.63) is 17.5 Å². The highest BCUT2D eigenvalue weighted by atomic mass is 16.6. The van der Waals surface area contributed by atoms with Crippen LogP contribution in [0, 0.1) is 6.92 Å². The maximum atomic E-state index is 5.84. The summed E-state index contributed by atoms with van der Waals surface area (Å²) >= 11 is 0. The minimum absolute atomic E-state index is 0.135. The van der Waals surface area contributed by atoms with E-state index in [9.17, 15) is 0 Å². The summed E-state index contributed by atoms with van der Waals surface area (Å²) < 4.78 is 13.3. The van der Waals surface area contributed by atoms with E-state index in [0.717, 1.165) is 25.1 Å². The third kappa shape index (κ3) is 4.03. The predicted molar refractivity (Wildman–Crippen MR) is 74.3 cm³/mol. The topological polar surface area (TPSA) is 48.3 Å². The zero-order valence-corrected chi connectivity index (χ0v) is 12.2. The van der Waals surface area contributed by atoms with Crippen molar-refractivity contribution in [2.75, 3.05) is 26.4 Å². The fourth-order valence-corrected chi connectivity index (χ4v) is 2.48. The van der Waals surface area contributed by atoms with Crippen LogP contribution in [0.3, 0.4) is 0 Å². The van der Waals surface area contributed by atoms with Gasteiger partial charge in [0.2, 0.25) is 0 Å². The van der Waals surface area contributed by atoms with E-state index in [0.29, 0.717) is 19.8 Å². The SMILES string of the molecule is CCCNC(Cc1cc(C)nn1C)C1COCCO1. The second-order valence-electron chi connectivity index (χ2n) is 5.15. The Labute approximate surface area is 115 Å². The molecule has 1 N–H and O–H groups in total. The number of hydrogen-bond donors (Lipinski definition) is 1. The van der Waals surface area contributed by atoms with Gasteiger partial charge in [0, 0.05) is 25.2 Å². The van der Waals surface area contributed by atoms with Crippen LogP contribution in [-0.4, -0.2) is 48.3 Å². The molecule has 1 fully saturated rings. The molecule has 1 aromatic heterocycles. The Morgan fingerprint density at radius 2 is 2.37 bits per heavy atom. The Morgan fingerprint density at radius 3 is 2.95 bits per heavy atom. The van der Waals surface area contributed by atoms with Crippen LogP contribution in [-0.2, 0) is 22.9 Å². The molecule has 1 aromatic rings. The second kappa shape index (κ2) is 7.03. The Balaban J connectivity index is 2.01. The van der Waals surface area contributed by atoms with Gasteiger partial charge in [0.25, 0.3) is 0 Å². The second-order valence-corrected chi connectivity index (χ2v) is 5.15. The standard InChI is InChI=1S/C14H25N3O2/c1-4-5-15-13(14-10-18-6-7-19-14)9-12-8-11(2)16-17(12)3/h8,13-15H,4-7,9-10H2,1-3H3. The van der Waals surface area contributed by atoms with Crippen LogP contribution >= 0.6 is 0 Å². The number of ether oxygens (including phenoxy) is 2. The number of rotatable bonds is 6. The molecular formula is C14H25N3O2. The molecule has 0 bridgehead atoms. The minimum atomic E-state index is 0.135. The van der Waals surface area contributed by atoms with Crippen molar-refractivity contribution in [3.63, 3.8) is 0 Å². The fourth-order valence-electron chi connectivity index (χ4n) is 2.48. The molecule has 108 valence electrons. The van der Waals surface area contributed by atoms with Gasteiger partial charge in [0.05, 0.1) is 31.6 Å². The molecule has 1 saturated heterocycles. The molecule has 5 nitrogen and oxygen atoms in total. The number of nitrogens with zero attached hydrogens (tertiary/aromatic N) is 2. The van der Waals surface area contributed by atoms with E-state index in [2.05, 4.69) is 23.4 Å². The molecule has 2 rings (SSSR count). The smallest absolute Gasteiger partial charge is 0.0965 e. The molecule has 0 spiro atoms. The molecular weight excluding hydrogens is 242 g/mol. The van der Waals surface area contributed by atoms with E-state index >= 15 is 0 Å². The van der Waals surface area contributed by atoms with Crippen LogP contribution < -0.4 is 5.32 Å². The van der Waals surface area contributed by atoms with Crippen LogP contribution in [0.25, 0.3) is 0 Å². The zero-order chi connectivity index (χ0) is 13.7. The predicted octanol–water partition coefficient (Wildman–Crippen LogP) is 1.05. The maximum Gasteiger partial charge on any atom is 0.0965 e. The van der Waals surface area contributed by atoms with Gasteiger partial charge in [-0.2, -0.15) is 5.10 Å². The summed E-state index contributed by atoms with van der Waals surface area (Å²) in [4.78, 5) is 0. The summed E-state index contributed by atoms with van der Waals surface area (Å²) in [5.41, 5.74) is 2.30. The summed E-state index contributed by atoms with van der Waals surface area (Å²) in [6.45, 7) is 7.29. The van der Waals surface area contributed by atoms with E-state index < -0.39 is 0 Å². The average molecular weight is 267 g/mol. The van der Waals surface area contributed by atoms with Crippen molar-refractivity contribution in [1.82, 2.24) is 15.1 Å². The summed E-state index contributed by atoms with van der Waals surface area (Å²) in [6.07, 6.45) is 2.18. The van der Waals surface area contributed by atoms with E-state index in [-0.39, 0.29) is 12.1 Å². The molecule has 0 aromatic carbocycles. The lowest BCUT2D eigenvalue weighted by Gasteiger charge is -2.31. The zero-order valence-electron chi connectivity index (χ0n) is 12.2. The van der Waals surface area contributed by atoms with Crippen LogP contribution in [0.5, 0.6) is 0 Å². The van der Waals surface area contributed by atoms with Crippen molar-refractivity contribution in [3.8, 4) is 0 Å². The van der Waals surface area contributed by atoms with Gasteiger partial charge in [-0.05, 0) is 26.0 Å². The lowest BCUT2D eigenvalue weighted by molar-refractivity contribution is -0.101. The van der Waals surface area contributed by atoms with E-state index in [4.69, 9.17) is 9.47 Å². The van der Waals surface area contributed by atoms with Gasteiger partial charge in [-0.15, -0.1) is 0 Å².